The fourth-order valence-electron chi connectivity index (χ4n) is 2.81. The van der Waals surface area contributed by atoms with Gasteiger partial charge >= 0.3 is 5.97 Å². The Morgan fingerprint density at radius 3 is 2.48 bits per heavy atom. The Labute approximate surface area is 136 Å². The van der Waals surface area contributed by atoms with E-state index in [9.17, 15) is 14.7 Å². The van der Waals surface area contributed by atoms with Crippen LogP contribution in [0.1, 0.15) is 62.4 Å². The number of rotatable bonds is 6. The van der Waals surface area contributed by atoms with Gasteiger partial charge in [0.05, 0.1) is 11.1 Å². The summed E-state index contributed by atoms with van der Waals surface area (Å²) in [7, 11) is 0. The van der Waals surface area contributed by atoms with Crippen molar-refractivity contribution in [3.05, 3.63) is 45.7 Å². The van der Waals surface area contributed by atoms with Crippen molar-refractivity contribution in [2.75, 3.05) is 0 Å². The molecular formula is C19H25NO3. The molecule has 0 amide bonds. The number of aromatic nitrogens is 1. The molecule has 4 heteroatoms. The molecule has 0 bridgehead atoms. The smallest absolute Gasteiger partial charge is 0.335 e. The van der Waals surface area contributed by atoms with Crippen LogP contribution in [0.2, 0.25) is 0 Å². The van der Waals surface area contributed by atoms with Crippen LogP contribution in [0.4, 0.5) is 0 Å². The molecule has 0 aliphatic carbocycles. The quantitative estimate of drug-likeness (QED) is 0.866. The number of hydrogen-bond donors (Lipinski definition) is 1. The predicted molar refractivity (Wildman–Crippen MR) is 93.3 cm³/mol. The van der Waals surface area contributed by atoms with Crippen LogP contribution in [-0.4, -0.2) is 15.6 Å². The number of aromatic carboxylic acids is 1. The molecule has 23 heavy (non-hydrogen) atoms. The molecule has 2 rings (SSSR count). The summed E-state index contributed by atoms with van der Waals surface area (Å²) in [5.41, 5.74) is 2.09. The van der Waals surface area contributed by atoms with Gasteiger partial charge in [0.15, 0.2) is 0 Å². The van der Waals surface area contributed by atoms with Gasteiger partial charge in [-0.1, -0.05) is 27.7 Å². The van der Waals surface area contributed by atoms with E-state index in [1.54, 1.807) is 18.2 Å². The molecule has 124 valence electrons. The van der Waals surface area contributed by atoms with Gasteiger partial charge in [-0.05, 0) is 53.8 Å². The Kier molecular flexibility index (Phi) is 5.24. The van der Waals surface area contributed by atoms with Crippen molar-refractivity contribution in [3.63, 3.8) is 0 Å². The third kappa shape index (κ3) is 3.63. The standard InChI is InChI=1S/C19H25NO3/c1-5-13(4)16-11-15(19(22)23)10-14-6-7-17(21)20(18(14)16)9-8-12(2)3/h6-7,10-13H,5,8-9H2,1-4H3,(H,22,23). The molecule has 0 fully saturated rings. The predicted octanol–water partition coefficient (Wildman–Crippen LogP) is 4.26. The average molecular weight is 315 g/mol. The zero-order valence-corrected chi connectivity index (χ0v) is 14.3. The van der Waals surface area contributed by atoms with E-state index in [-0.39, 0.29) is 17.0 Å². The third-order valence-corrected chi connectivity index (χ3v) is 4.43. The highest BCUT2D eigenvalue weighted by molar-refractivity contribution is 5.95. The number of hydrogen-bond acceptors (Lipinski definition) is 2. The molecule has 0 saturated carbocycles. The van der Waals surface area contributed by atoms with Crippen LogP contribution < -0.4 is 5.56 Å². The molecule has 1 unspecified atom stereocenters. The first-order valence-corrected chi connectivity index (χ1v) is 8.26. The van der Waals surface area contributed by atoms with E-state index in [0.717, 1.165) is 29.3 Å². The lowest BCUT2D eigenvalue weighted by atomic mass is 9.93. The largest absolute Gasteiger partial charge is 0.478 e. The Morgan fingerprint density at radius 2 is 1.91 bits per heavy atom. The van der Waals surface area contributed by atoms with E-state index in [2.05, 4.69) is 27.7 Å². The van der Waals surface area contributed by atoms with E-state index in [1.165, 1.54) is 6.07 Å². The number of carboxylic acid groups (broad SMARTS) is 1. The second-order valence-corrected chi connectivity index (χ2v) is 6.62. The van der Waals surface area contributed by atoms with E-state index < -0.39 is 5.97 Å². The lowest BCUT2D eigenvalue weighted by Crippen LogP contribution is -2.22. The minimum Gasteiger partial charge on any atom is -0.478 e. The van der Waals surface area contributed by atoms with E-state index in [1.807, 2.05) is 4.57 Å². The highest BCUT2D eigenvalue weighted by Crippen LogP contribution is 2.29. The Hall–Kier alpha value is -2.10. The zero-order valence-electron chi connectivity index (χ0n) is 14.3. The summed E-state index contributed by atoms with van der Waals surface area (Å²) in [6.07, 6.45) is 1.81. The van der Waals surface area contributed by atoms with Gasteiger partial charge in [-0.3, -0.25) is 4.79 Å². The number of fused-ring (bicyclic) bond motifs is 1. The van der Waals surface area contributed by atoms with Crippen LogP contribution >= 0.6 is 0 Å². The van der Waals surface area contributed by atoms with Gasteiger partial charge in [0, 0.05) is 12.6 Å². The van der Waals surface area contributed by atoms with Gasteiger partial charge in [0.1, 0.15) is 0 Å². The summed E-state index contributed by atoms with van der Waals surface area (Å²) < 4.78 is 1.81. The molecular weight excluding hydrogens is 290 g/mol. The van der Waals surface area contributed by atoms with Gasteiger partial charge in [0.25, 0.3) is 5.56 Å². The molecule has 0 aliphatic rings. The number of carbonyl (C=O) groups is 1. The van der Waals surface area contributed by atoms with Crippen molar-refractivity contribution in [1.82, 2.24) is 4.57 Å². The lowest BCUT2D eigenvalue weighted by Gasteiger charge is -2.19. The first kappa shape index (κ1) is 17.3. The SMILES string of the molecule is CCC(C)c1cc(C(=O)O)cc2ccc(=O)n(CCC(C)C)c12. The van der Waals surface area contributed by atoms with Crippen LogP contribution in [0.25, 0.3) is 10.9 Å². The van der Waals surface area contributed by atoms with Crippen LogP contribution in [-0.2, 0) is 6.54 Å². The summed E-state index contributed by atoms with van der Waals surface area (Å²) >= 11 is 0. The zero-order chi connectivity index (χ0) is 17.1. The van der Waals surface area contributed by atoms with Crippen molar-refractivity contribution in [3.8, 4) is 0 Å². The van der Waals surface area contributed by atoms with Gasteiger partial charge < -0.3 is 9.67 Å². The topological polar surface area (TPSA) is 59.3 Å². The molecule has 4 nitrogen and oxygen atoms in total. The normalized spacial score (nSPS) is 12.7. The van der Waals surface area contributed by atoms with Gasteiger partial charge in [-0.25, -0.2) is 4.79 Å². The average Bonchev–Trinajstić information content (AvgIpc) is 2.51. The number of pyridine rings is 1. The van der Waals surface area contributed by atoms with Crippen molar-refractivity contribution in [2.24, 2.45) is 5.92 Å². The summed E-state index contributed by atoms with van der Waals surface area (Å²) in [5.74, 6) is -0.234. The molecule has 0 saturated heterocycles. The minimum atomic E-state index is -0.934. The second kappa shape index (κ2) is 6.99. The number of nitrogens with zero attached hydrogens (tertiary/aromatic N) is 1. The Balaban J connectivity index is 2.76. The summed E-state index contributed by atoms with van der Waals surface area (Å²) in [5, 5.41) is 10.2. The minimum absolute atomic E-state index is 0.0224. The van der Waals surface area contributed by atoms with E-state index >= 15 is 0 Å². The molecule has 1 aromatic heterocycles. The number of carboxylic acids is 1. The monoisotopic (exact) mass is 315 g/mol. The maximum Gasteiger partial charge on any atom is 0.335 e. The first-order valence-electron chi connectivity index (χ1n) is 8.26. The molecule has 1 N–H and O–H groups in total. The van der Waals surface area contributed by atoms with Crippen LogP contribution in [0.3, 0.4) is 0 Å². The maximum atomic E-state index is 12.4. The van der Waals surface area contributed by atoms with Crippen molar-refractivity contribution in [1.29, 1.82) is 0 Å². The first-order chi connectivity index (χ1) is 10.8. The van der Waals surface area contributed by atoms with Gasteiger partial charge in [-0.2, -0.15) is 0 Å². The molecule has 1 heterocycles. The van der Waals surface area contributed by atoms with Crippen molar-refractivity contribution >= 4 is 16.9 Å². The number of aryl methyl sites for hydroxylation is 1. The van der Waals surface area contributed by atoms with Gasteiger partial charge in [0.2, 0.25) is 0 Å². The lowest BCUT2D eigenvalue weighted by molar-refractivity contribution is 0.0697. The molecule has 2 aromatic rings. The van der Waals surface area contributed by atoms with E-state index in [4.69, 9.17) is 0 Å². The second-order valence-electron chi connectivity index (χ2n) is 6.62. The third-order valence-electron chi connectivity index (χ3n) is 4.43. The summed E-state index contributed by atoms with van der Waals surface area (Å²) in [6.45, 7) is 9.07. The summed E-state index contributed by atoms with van der Waals surface area (Å²) in [4.78, 5) is 23.8. The Morgan fingerprint density at radius 1 is 1.22 bits per heavy atom. The van der Waals surface area contributed by atoms with Gasteiger partial charge in [-0.15, -0.1) is 0 Å². The van der Waals surface area contributed by atoms with Crippen LogP contribution in [0.5, 0.6) is 0 Å². The van der Waals surface area contributed by atoms with E-state index in [0.29, 0.717) is 12.5 Å². The van der Waals surface area contributed by atoms with Crippen LogP contribution in [0, 0.1) is 5.92 Å². The van der Waals surface area contributed by atoms with Crippen LogP contribution in [0.15, 0.2) is 29.1 Å². The highest BCUT2D eigenvalue weighted by Gasteiger charge is 2.16. The Bertz CT molecular complexity index is 774. The summed E-state index contributed by atoms with van der Waals surface area (Å²) in [6, 6.07) is 6.66. The molecule has 1 atom stereocenters. The highest BCUT2D eigenvalue weighted by atomic mass is 16.4. The molecule has 0 spiro atoms. The molecule has 1 aromatic carbocycles. The van der Waals surface area contributed by atoms with Crippen molar-refractivity contribution < 1.29 is 9.90 Å². The fourth-order valence-corrected chi connectivity index (χ4v) is 2.81. The molecule has 0 radical (unpaired) electrons. The maximum absolute atomic E-state index is 12.4. The molecule has 0 aliphatic heterocycles. The van der Waals surface area contributed by atoms with Crippen molar-refractivity contribution in [2.45, 2.75) is 53.0 Å². The number of benzene rings is 1. The fraction of sp³-hybridized carbons (Fsp3) is 0.474.